The van der Waals surface area contributed by atoms with Crippen LogP contribution >= 0.6 is 15.9 Å². The van der Waals surface area contributed by atoms with Gasteiger partial charge in [0.2, 0.25) is 5.88 Å². The lowest BCUT2D eigenvalue weighted by Gasteiger charge is -2.12. The minimum Gasteiger partial charge on any atom is -0.438 e. The molecule has 1 heterocycles. The summed E-state index contributed by atoms with van der Waals surface area (Å²) in [6.07, 6.45) is 1.59. The molecule has 1 aromatic carbocycles. The molecule has 0 bridgehead atoms. The molecule has 0 unspecified atom stereocenters. The second-order valence-corrected chi connectivity index (χ2v) is 5.10. The first-order chi connectivity index (χ1) is 8.99. The van der Waals surface area contributed by atoms with Crippen LogP contribution in [0.4, 0.5) is 0 Å². The van der Waals surface area contributed by atoms with E-state index >= 15 is 0 Å². The van der Waals surface area contributed by atoms with E-state index in [4.69, 9.17) is 10.5 Å². The number of primary amides is 1. The van der Waals surface area contributed by atoms with E-state index in [9.17, 15) is 4.79 Å². The zero-order valence-corrected chi connectivity index (χ0v) is 12.2. The zero-order valence-electron chi connectivity index (χ0n) is 10.6. The number of hydrogen-bond donors (Lipinski definition) is 1. The third kappa shape index (κ3) is 2.93. The Bertz CT molecular complexity index is 641. The quantitative estimate of drug-likeness (QED) is 0.943. The van der Waals surface area contributed by atoms with Crippen LogP contribution in [0.15, 0.2) is 34.9 Å². The van der Waals surface area contributed by atoms with Gasteiger partial charge in [0.05, 0.1) is 0 Å². The van der Waals surface area contributed by atoms with Crippen molar-refractivity contribution in [3.8, 4) is 11.6 Å². The van der Waals surface area contributed by atoms with Gasteiger partial charge in [0.25, 0.3) is 5.91 Å². The molecule has 0 fully saturated rings. The average Bonchev–Trinajstić information content (AvgIpc) is 2.33. The number of amides is 1. The largest absolute Gasteiger partial charge is 0.438 e. The predicted molar refractivity (Wildman–Crippen MR) is 76.4 cm³/mol. The second-order valence-electron chi connectivity index (χ2n) is 4.18. The molecule has 4 nitrogen and oxygen atoms in total. The molecule has 0 saturated carbocycles. The van der Waals surface area contributed by atoms with Gasteiger partial charge in [-0.3, -0.25) is 4.79 Å². The number of aromatic nitrogens is 1. The van der Waals surface area contributed by atoms with Crippen molar-refractivity contribution in [2.45, 2.75) is 13.8 Å². The number of nitrogens with two attached hydrogens (primary N) is 1. The third-order valence-electron chi connectivity index (χ3n) is 2.73. The Morgan fingerprint density at radius 1 is 1.26 bits per heavy atom. The van der Waals surface area contributed by atoms with Gasteiger partial charge in [-0.25, -0.2) is 4.98 Å². The Labute approximate surface area is 119 Å². The molecule has 0 aliphatic carbocycles. The molecule has 0 spiro atoms. The number of nitrogens with zero attached hydrogens (tertiary/aromatic N) is 1. The maximum absolute atomic E-state index is 11.5. The van der Waals surface area contributed by atoms with Crippen LogP contribution in [0.1, 0.15) is 21.5 Å². The maximum atomic E-state index is 11.5. The first-order valence-corrected chi connectivity index (χ1v) is 6.47. The number of rotatable bonds is 3. The van der Waals surface area contributed by atoms with Gasteiger partial charge in [0.1, 0.15) is 11.3 Å². The lowest BCUT2D eigenvalue weighted by atomic mass is 10.1. The van der Waals surface area contributed by atoms with Gasteiger partial charge in [-0.1, -0.05) is 22.0 Å². The molecule has 0 aliphatic rings. The molecule has 2 rings (SSSR count). The number of carbonyl (C=O) groups excluding carboxylic acids is 1. The molecule has 2 aromatic rings. The van der Waals surface area contributed by atoms with Crippen LogP contribution < -0.4 is 10.5 Å². The molecule has 98 valence electrons. The fourth-order valence-corrected chi connectivity index (χ4v) is 2.04. The molecule has 0 atom stereocenters. The van der Waals surface area contributed by atoms with Crippen molar-refractivity contribution in [3.05, 3.63) is 51.6 Å². The number of benzene rings is 1. The summed E-state index contributed by atoms with van der Waals surface area (Å²) in [4.78, 5) is 15.6. The van der Waals surface area contributed by atoms with Crippen LogP contribution in [0.5, 0.6) is 11.6 Å². The highest BCUT2D eigenvalue weighted by atomic mass is 79.9. The number of aryl methyl sites for hydroxylation is 2. The van der Waals surface area contributed by atoms with Gasteiger partial charge < -0.3 is 10.5 Å². The van der Waals surface area contributed by atoms with Crippen LogP contribution in [-0.2, 0) is 0 Å². The molecule has 0 aliphatic heterocycles. The molecular weight excluding hydrogens is 308 g/mol. The summed E-state index contributed by atoms with van der Waals surface area (Å²) < 4.78 is 6.61. The second kappa shape index (κ2) is 5.40. The first kappa shape index (κ1) is 13.5. The Hall–Kier alpha value is -1.88. The Morgan fingerprint density at radius 2 is 2.00 bits per heavy atom. The van der Waals surface area contributed by atoms with Crippen molar-refractivity contribution in [1.82, 2.24) is 4.98 Å². The van der Waals surface area contributed by atoms with Crippen molar-refractivity contribution in [2.24, 2.45) is 5.73 Å². The van der Waals surface area contributed by atoms with Crippen molar-refractivity contribution < 1.29 is 9.53 Å². The van der Waals surface area contributed by atoms with Crippen LogP contribution in [0, 0.1) is 13.8 Å². The molecule has 1 amide bonds. The lowest BCUT2D eigenvalue weighted by molar-refractivity contribution is 0.0997. The molecule has 0 saturated heterocycles. The van der Waals surface area contributed by atoms with Crippen LogP contribution in [0.2, 0.25) is 0 Å². The van der Waals surface area contributed by atoms with Crippen molar-refractivity contribution in [1.29, 1.82) is 0 Å². The molecule has 5 heteroatoms. The first-order valence-electron chi connectivity index (χ1n) is 5.68. The summed E-state index contributed by atoms with van der Waals surface area (Å²) in [7, 11) is 0. The van der Waals surface area contributed by atoms with E-state index in [1.54, 1.807) is 19.2 Å². The Morgan fingerprint density at radius 3 is 2.68 bits per heavy atom. The summed E-state index contributed by atoms with van der Waals surface area (Å²) in [6.45, 7) is 3.71. The average molecular weight is 321 g/mol. The van der Waals surface area contributed by atoms with E-state index in [2.05, 4.69) is 20.9 Å². The van der Waals surface area contributed by atoms with Crippen molar-refractivity contribution in [2.75, 3.05) is 0 Å². The highest BCUT2D eigenvalue weighted by Gasteiger charge is 2.15. The number of hydrogen-bond acceptors (Lipinski definition) is 3. The van der Waals surface area contributed by atoms with Gasteiger partial charge in [0.15, 0.2) is 0 Å². The smallest absolute Gasteiger partial charge is 0.254 e. The van der Waals surface area contributed by atoms with E-state index in [0.29, 0.717) is 11.3 Å². The van der Waals surface area contributed by atoms with E-state index in [1.165, 1.54) is 0 Å². The standard InChI is InChI=1S/C14H13BrN2O2/c1-8-3-4-10(15)7-11(8)19-14-12(13(16)18)9(2)5-6-17-14/h3-7H,1-2H3,(H2,16,18). The SMILES string of the molecule is Cc1ccc(Br)cc1Oc1nccc(C)c1C(N)=O. The van der Waals surface area contributed by atoms with Gasteiger partial charge in [-0.15, -0.1) is 0 Å². The number of pyridine rings is 1. The van der Waals surface area contributed by atoms with Crippen LogP contribution in [0.25, 0.3) is 0 Å². The summed E-state index contributed by atoms with van der Waals surface area (Å²) in [6, 6.07) is 7.38. The number of halogens is 1. The maximum Gasteiger partial charge on any atom is 0.254 e. The Balaban J connectivity index is 2.46. The third-order valence-corrected chi connectivity index (χ3v) is 3.22. The normalized spacial score (nSPS) is 10.3. The van der Waals surface area contributed by atoms with E-state index in [0.717, 1.165) is 15.6 Å². The minimum atomic E-state index is -0.548. The fourth-order valence-electron chi connectivity index (χ4n) is 1.70. The lowest BCUT2D eigenvalue weighted by Crippen LogP contribution is -2.14. The molecular formula is C14H13BrN2O2. The summed E-state index contributed by atoms with van der Waals surface area (Å²) >= 11 is 3.38. The topological polar surface area (TPSA) is 65.2 Å². The summed E-state index contributed by atoms with van der Waals surface area (Å²) in [5.41, 5.74) is 7.36. The number of ether oxygens (including phenoxy) is 1. The summed E-state index contributed by atoms with van der Waals surface area (Å²) in [5, 5.41) is 0. The van der Waals surface area contributed by atoms with Gasteiger partial charge in [-0.2, -0.15) is 0 Å². The molecule has 19 heavy (non-hydrogen) atoms. The molecule has 1 aromatic heterocycles. The Kier molecular flexibility index (Phi) is 3.85. The molecule has 0 radical (unpaired) electrons. The highest BCUT2D eigenvalue weighted by Crippen LogP contribution is 2.29. The zero-order chi connectivity index (χ0) is 14.0. The summed E-state index contributed by atoms with van der Waals surface area (Å²) in [5.74, 6) is 0.317. The molecule has 2 N–H and O–H groups in total. The van der Waals surface area contributed by atoms with Crippen LogP contribution in [-0.4, -0.2) is 10.9 Å². The monoisotopic (exact) mass is 320 g/mol. The van der Waals surface area contributed by atoms with E-state index in [-0.39, 0.29) is 5.88 Å². The van der Waals surface area contributed by atoms with E-state index < -0.39 is 5.91 Å². The minimum absolute atomic E-state index is 0.230. The van der Waals surface area contributed by atoms with Crippen molar-refractivity contribution >= 4 is 21.8 Å². The van der Waals surface area contributed by atoms with Crippen molar-refractivity contribution in [3.63, 3.8) is 0 Å². The highest BCUT2D eigenvalue weighted by molar-refractivity contribution is 9.10. The van der Waals surface area contributed by atoms with E-state index in [1.807, 2.05) is 25.1 Å². The van der Waals surface area contributed by atoms with Gasteiger partial charge >= 0.3 is 0 Å². The van der Waals surface area contributed by atoms with Gasteiger partial charge in [-0.05, 0) is 43.2 Å². The number of carbonyl (C=O) groups is 1. The predicted octanol–water partition coefficient (Wildman–Crippen LogP) is 3.35. The fraction of sp³-hybridized carbons (Fsp3) is 0.143. The van der Waals surface area contributed by atoms with Crippen LogP contribution in [0.3, 0.4) is 0 Å². The van der Waals surface area contributed by atoms with Gasteiger partial charge in [0, 0.05) is 10.7 Å².